The Balaban J connectivity index is 2.02. The van der Waals surface area contributed by atoms with Gasteiger partial charge >= 0.3 is 0 Å². The number of nitrogen functional groups attached to an aromatic ring is 1. The molecule has 0 aliphatic heterocycles. The van der Waals surface area contributed by atoms with Gasteiger partial charge in [-0.15, -0.1) is 5.10 Å². The Kier molecular flexibility index (Phi) is 2.22. The molecule has 2 aromatic rings. The molecule has 0 radical (unpaired) electrons. The summed E-state index contributed by atoms with van der Waals surface area (Å²) in [5.41, 5.74) is 6.54. The van der Waals surface area contributed by atoms with Crippen LogP contribution in [0.2, 0.25) is 0 Å². The van der Waals surface area contributed by atoms with Gasteiger partial charge in [-0.3, -0.25) is 0 Å². The summed E-state index contributed by atoms with van der Waals surface area (Å²) in [5.74, 6) is 0.941. The normalized spacial score (nSPS) is 10.0. The lowest BCUT2D eigenvalue weighted by atomic mass is 10.2. The van der Waals surface area contributed by atoms with Gasteiger partial charge in [0.25, 0.3) is 5.95 Å². The van der Waals surface area contributed by atoms with Crippen LogP contribution >= 0.6 is 0 Å². The number of tetrazole rings is 1. The molecule has 7 heteroatoms. The van der Waals surface area contributed by atoms with Crippen molar-refractivity contribution < 1.29 is 0 Å². The maximum atomic E-state index is 5.64. The second kappa shape index (κ2) is 3.69. The summed E-state index contributed by atoms with van der Waals surface area (Å²) in [6.07, 6.45) is 1.65. The van der Waals surface area contributed by atoms with Crippen molar-refractivity contribution in [1.82, 2.24) is 25.6 Å². The van der Waals surface area contributed by atoms with Gasteiger partial charge < -0.3 is 11.1 Å². The molecule has 2 aromatic heterocycles. The third-order valence-electron chi connectivity index (χ3n) is 1.71. The van der Waals surface area contributed by atoms with Crippen LogP contribution in [0.25, 0.3) is 0 Å². The van der Waals surface area contributed by atoms with E-state index in [-0.39, 0.29) is 0 Å². The van der Waals surface area contributed by atoms with Crippen molar-refractivity contribution >= 4 is 11.8 Å². The zero-order chi connectivity index (χ0) is 9.80. The molecule has 0 saturated carbocycles. The minimum absolute atomic E-state index is 0.438. The smallest absolute Gasteiger partial charge is 0.263 e. The lowest BCUT2D eigenvalue weighted by molar-refractivity contribution is 0.881. The fraction of sp³-hybridized carbons (Fsp3) is 0.143. The van der Waals surface area contributed by atoms with Crippen LogP contribution in [0.5, 0.6) is 0 Å². The van der Waals surface area contributed by atoms with Crippen molar-refractivity contribution in [3.05, 3.63) is 23.9 Å². The van der Waals surface area contributed by atoms with Crippen LogP contribution in [0.1, 0.15) is 5.56 Å². The lowest BCUT2D eigenvalue weighted by Gasteiger charge is -2.03. The van der Waals surface area contributed by atoms with Gasteiger partial charge in [0.05, 0.1) is 0 Å². The summed E-state index contributed by atoms with van der Waals surface area (Å²) < 4.78 is 0. The molecule has 7 nitrogen and oxygen atoms in total. The highest BCUT2D eigenvalue weighted by atomic mass is 15.5. The molecule has 0 aliphatic rings. The van der Waals surface area contributed by atoms with E-state index in [0.717, 1.165) is 5.56 Å². The number of hydrogen-bond acceptors (Lipinski definition) is 6. The summed E-state index contributed by atoms with van der Waals surface area (Å²) in [6.45, 7) is 0.527. The Bertz CT molecular complexity index is 396. The van der Waals surface area contributed by atoms with Crippen molar-refractivity contribution in [3.63, 3.8) is 0 Å². The van der Waals surface area contributed by atoms with E-state index in [1.54, 1.807) is 6.20 Å². The first-order valence-electron chi connectivity index (χ1n) is 4.03. The summed E-state index contributed by atoms with van der Waals surface area (Å²) >= 11 is 0. The third-order valence-corrected chi connectivity index (χ3v) is 1.71. The molecule has 0 saturated heterocycles. The first-order chi connectivity index (χ1) is 6.86. The third kappa shape index (κ3) is 1.76. The minimum atomic E-state index is 0.438. The fourth-order valence-electron chi connectivity index (χ4n) is 1.01. The standard InChI is InChI=1S/C7H9N7/c8-6-5(2-1-3-9-6)4-10-7-11-13-14-12-7/h1-3H,4H2,(H2,8,9)(H2,10,11,12,13,14). The Morgan fingerprint density at radius 2 is 2.43 bits per heavy atom. The molecule has 0 spiro atoms. The Morgan fingerprint density at radius 3 is 3.14 bits per heavy atom. The molecule has 0 bridgehead atoms. The summed E-state index contributed by atoms with van der Waals surface area (Å²) in [6, 6.07) is 3.71. The zero-order valence-electron chi connectivity index (χ0n) is 7.31. The van der Waals surface area contributed by atoms with Crippen LogP contribution in [0.3, 0.4) is 0 Å². The van der Waals surface area contributed by atoms with Crippen molar-refractivity contribution in [2.45, 2.75) is 6.54 Å². The number of aromatic amines is 1. The lowest BCUT2D eigenvalue weighted by Crippen LogP contribution is -2.05. The van der Waals surface area contributed by atoms with Gasteiger partial charge in [-0.2, -0.15) is 5.21 Å². The molecule has 0 aromatic carbocycles. The van der Waals surface area contributed by atoms with Crippen molar-refractivity contribution in [2.75, 3.05) is 11.1 Å². The van der Waals surface area contributed by atoms with Crippen LogP contribution in [0.15, 0.2) is 18.3 Å². The number of nitrogens with two attached hydrogens (primary N) is 1. The molecule has 0 unspecified atom stereocenters. The minimum Gasteiger partial charge on any atom is -0.383 e. The Hall–Kier alpha value is -2.18. The number of rotatable bonds is 3. The van der Waals surface area contributed by atoms with Crippen molar-refractivity contribution in [2.24, 2.45) is 0 Å². The van der Waals surface area contributed by atoms with E-state index in [4.69, 9.17) is 5.73 Å². The molecule has 0 aliphatic carbocycles. The van der Waals surface area contributed by atoms with Crippen molar-refractivity contribution in [1.29, 1.82) is 0 Å². The van der Waals surface area contributed by atoms with E-state index in [1.165, 1.54) is 0 Å². The molecule has 2 heterocycles. The van der Waals surface area contributed by atoms with Crippen LogP contribution in [0, 0.1) is 0 Å². The van der Waals surface area contributed by atoms with E-state index in [2.05, 4.69) is 30.9 Å². The molecule has 14 heavy (non-hydrogen) atoms. The van der Waals surface area contributed by atoms with E-state index in [0.29, 0.717) is 18.3 Å². The summed E-state index contributed by atoms with van der Waals surface area (Å²) in [7, 11) is 0. The maximum Gasteiger partial charge on any atom is 0.263 e. The number of nitrogens with zero attached hydrogens (tertiary/aromatic N) is 4. The SMILES string of the molecule is Nc1ncccc1CNc1nn[nH]n1. The molecule has 2 rings (SSSR count). The predicted octanol–water partition coefficient (Wildman–Crippen LogP) is -0.211. The second-order valence-electron chi connectivity index (χ2n) is 2.64. The number of hydrogen-bond donors (Lipinski definition) is 3. The van der Waals surface area contributed by atoms with Gasteiger partial charge in [0, 0.05) is 18.3 Å². The number of nitrogens with one attached hydrogen (secondary N) is 2. The summed E-state index contributed by atoms with van der Waals surface area (Å²) in [4.78, 5) is 3.95. The number of pyridine rings is 1. The van der Waals surface area contributed by atoms with Gasteiger partial charge in [-0.05, 0) is 11.3 Å². The molecule has 72 valence electrons. The molecular formula is C7H9N7. The van der Waals surface area contributed by atoms with Crippen LogP contribution in [0.4, 0.5) is 11.8 Å². The quantitative estimate of drug-likeness (QED) is 0.619. The topological polar surface area (TPSA) is 105 Å². The zero-order valence-corrected chi connectivity index (χ0v) is 7.31. The number of anilines is 2. The van der Waals surface area contributed by atoms with Crippen LogP contribution in [-0.4, -0.2) is 25.6 Å². The Labute approximate surface area is 79.7 Å². The predicted molar refractivity (Wildman–Crippen MR) is 50.2 cm³/mol. The summed E-state index contributed by atoms with van der Waals surface area (Å²) in [5, 5.41) is 16.2. The van der Waals surface area contributed by atoms with Crippen molar-refractivity contribution in [3.8, 4) is 0 Å². The monoisotopic (exact) mass is 191 g/mol. The number of H-pyrrole nitrogens is 1. The van der Waals surface area contributed by atoms with E-state index in [9.17, 15) is 0 Å². The van der Waals surface area contributed by atoms with Gasteiger partial charge in [-0.1, -0.05) is 11.2 Å². The molecule has 0 amide bonds. The number of aromatic nitrogens is 5. The Morgan fingerprint density at radius 1 is 1.50 bits per heavy atom. The first-order valence-corrected chi connectivity index (χ1v) is 4.03. The highest BCUT2D eigenvalue weighted by molar-refractivity contribution is 5.40. The maximum absolute atomic E-state index is 5.64. The van der Waals surface area contributed by atoms with E-state index >= 15 is 0 Å². The van der Waals surface area contributed by atoms with Gasteiger partial charge in [0.1, 0.15) is 5.82 Å². The van der Waals surface area contributed by atoms with Gasteiger partial charge in [0.15, 0.2) is 0 Å². The van der Waals surface area contributed by atoms with Gasteiger partial charge in [0.2, 0.25) is 0 Å². The van der Waals surface area contributed by atoms with E-state index in [1.807, 2.05) is 12.1 Å². The van der Waals surface area contributed by atoms with Crippen LogP contribution < -0.4 is 11.1 Å². The molecule has 0 fully saturated rings. The van der Waals surface area contributed by atoms with Crippen LogP contribution in [-0.2, 0) is 6.54 Å². The van der Waals surface area contributed by atoms with Gasteiger partial charge in [-0.25, -0.2) is 4.98 Å². The highest BCUT2D eigenvalue weighted by Gasteiger charge is 2.00. The fourth-order valence-corrected chi connectivity index (χ4v) is 1.01. The second-order valence-corrected chi connectivity index (χ2v) is 2.64. The first kappa shape index (κ1) is 8.42. The average molecular weight is 191 g/mol. The van der Waals surface area contributed by atoms with E-state index < -0.39 is 0 Å². The largest absolute Gasteiger partial charge is 0.383 e. The molecule has 0 atom stereocenters. The molecule has 4 N–H and O–H groups in total. The molecular weight excluding hydrogens is 182 g/mol. The average Bonchev–Trinajstić information content (AvgIpc) is 2.69. The highest BCUT2D eigenvalue weighted by Crippen LogP contribution is 2.07.